The molecule has 0 spiro atoms. The fraction of sp³-hybridized carbons (Fsp3) is 0.421. The molecule has 2 amide bonds. The van der Waals surface area contributed by atoms with Gasteiger partial charge in [-0.3, -0.25) is 9.59 Å². The maximum Gasteiger partial charge on any atom is 0.226 e. The number of benzene rings is 1. The summed E-state index contributed by atoms with van der Waals surface area (Å²) in [6.45, 7) is 1.87. The molecule has 6 heteroatoms. The Balaban J connectivity index is 1.52. The molecule has 0 saturated heterocycles. The van der Waals surface area contributed by atoms with Crippen molar-refractivity contribution in [1.82, 2.24) is 15.3 Å². The zero-order valence-corrected chi connectivity index (χ0v) is 14.4. The van der Waals surface area contributed by atoms with E-state index in [9.17, 15) is 9.59 Å². The van der Waals surface area contributed by atoms with Gasteiger partial charge in [0.05, 0.1) is 0 Å². The molecule has 0 radical (unpaired) electrons. The van der Waals surface area contributed by atoms with E-state index in [1.54, 1.807) is 12.4 Å². The highest BCUT2D eigenvalue weighted by Crippen LogP contribution is 2.25. The molecule has 3 N–H and O–H groups in total. The number of imidazole rings is 1. The zero-order valence-electron chi connectivity index (χ0n) is 14.4. The Morgan fingerprint density at radius 2 is 2.12 bits per heavy atom. The third-order valence-corrected chi connectivity index (χ3v) is 4.52. The van der Waals surface area contributed by atoms with Crippen LogP contribution in [0.5, 0.6) is 0 Å². The molecule has 6 nitrogen and oxygen atoms in total. The molecule has 132 valence electrons. The first-order valence-electron chi connectivity index (χ1n) is 8.82. The molecule has 3 rings (SSSR count). The molecule has 1 atom stereocenters. The van der Waals surface area contributed by atoms with Crippen molar-refractivity contribution in [3.05, 3.63) is 36.7 Å². The quantitative estimate of drug-likeness (QED) is 0.755. The van der Waals surface area contributed by atoms with Crippen molar-refractivity contribution < 1.29 is 9.59 Å². The van der Waals surface area contributed by atoms with E-state index >= 15 is 0 Å². The maximum atomic E-state index is 12.2. The number of nitrogens with one attached hydrogen (secondary N) is 3. The number of amides is 2. The van der Waals surface area contributed by atoms with Crippen LogP contribution in [0.25, 0.3) is 11.4 Å². The second-order valence-corrected chi connectivity index (χ2v) is 6.66. The molecule has 1 saturated carbocycles. The molecule has 1 aromatic heterocycles. The molecule has 1 aliphatic carbocycles. The van der Waals surface area contributed by atoms with Gasteiger partial charge in [-0.25, -0.2) is 4.98 Å². The van der Waals surface area contributed by atoms with Crippen molar-refractivity contribution in [2.45, 2.75) is 45.1 Å². The average molecular weight is 340 g/mol. The highest BCUT2D eigenvalue weighted by atomic mass is 16.2. The summed E-state index contributed by atoms with van der Waals surface area (Å²) < 4.78 is 0. The lowest BCUT2D eigenvalue weighted by Crippen LogP contribution is -2.38. The number of H-pyrrole nitrogens is 1. The molecule has 2 aromatic rings. The summed E-state index contributed by atoms with van der Waals surface area (Å²) in [4.78, 5) is 31.6. The average Bonchev–Trinajstić information content (AvgIpc) is 3.28. The Morgan fingerprint density at radius 3 is 2.84 bits per heavy atom. The summed E-state index contributed by atoms with van der Waals surface area (Å²) in [7, 11) is 0. The van der Waals surface area contributed by atoms with E-state index in [1.807, 2.05) is 31.2 Å². The van der Waals surface area contributed by atoms with Crippen LogP contribution in [0.2, 0.25) is 0 Å². The van der Waals surface area contributed by atoms with Gasteiger partial charge < -0.3 is 15.6 Å². The van der Waals surface area contributed by atoms with Crippen LogP contribution in [0.1, 0.15) is 39.0 Å². The van der Waals surface area contributed by atoms with Crippen molar-refractivity contribution >= 4 is 17.5 Å². The summed E-state index contributed by atoms with van der Waals surface area (Å²) in [5, 5.41) is 5.84. The number of rotatable bonds is 6. The van der Waals surface area contributed by atoms with Crippen LogP contribution in [-0.4, -0.2) is 27.8 Å². The van der Waals surface area contributed by atoms with Gasteiger partial charge in [0.25, 0.3) is 0 Å². The Labute approximate surface area is 147 Å². The van der Waals surface area contributed by atoms with Gasteiger partial charge in [-0.2, -0.15) is 0 Å². The van der Waals surface area contributed by atoms with Crippen LogP contribution < -0.4 is 10.6 Å². The zero-order chi connectivity index (χ0) is 17.6. The van der Waals surface area contributed by atoms with Gasteiger partial charge in [0.2, 0.25) is 11.8 Å². The van der Waals surface area contributed by atoms with Crippen LogP contribution >= 0.6 is 0 Å². The molecular formula is C19H24N4O2. The smallest absolute Gasteiger partial charge is 0.226 e. The van der Waals surface area contributed by atoms with E-state index in [1.165, 1.54) is 0 Å². The van der Waals surface area contributed by atoms with Crippen molar-refractivity contribution in [2.75, 3.05) is 5.32 Å². The third kappa shape index (κ3) is 4.68. The lowest BCUT2D eigenvalue weighted by Gasteiger charge is -2.17. The number of aromatic nitrogens is 2. The predicted molar refractivity (Wildman–Crippen MR) is 96.8 cm³/mol. The standard InChI is InChI=1S/C19H24N4O2/c1-13(22-19(25)14-5-2-3-6-14)11-17(24)23-16-8-4-7-15(12-16)18-20-9-10-21-18/h4,7-10,12-14H,2-3,5-6,11H2,1H3,(H,20,21)(H,22,25)(H,23,24). The van der Waals surface area contributed by atoms with Crippen LogP contribution in [-0.2, 0) is 9.59 Å². The van der Waals surface area contributed by atoms with Crippen LogP contribution in [0.3, 0.4) is 0 Å². The van der Waals surface area contributed by atoms with Gasteiger partial charge >= 0.3 is 0 Å². The number of aromatic amines is 1. The Hall–Kier alpha value is -2.63. The second kappa shape index (κ2) is 7.96. The van der Waals surface area contributed by atoms with Crippen LogP contribution in [0.15, 0.2) is 36.7 Å². The fourth-order valence-electron chi connectivity index (χ4n) is 3.26. The molecule has 1 fully saturated rings. The van der Waals surface area contributed by atoms with Gasteiger partial charge in [-0.05, 0) is 31.9 Å². The largest absolute Gasteiger partial charge is 0.353 e. The summed E-state index contributed by atoms with van der Waals surface area (Å²) in [5.41, 5.74) is 1.62. The van der Waals surface area contributed by atoms with Crippen LogP contribution in [0.4, 0.5) is 5.69 Å². The third-order valence-electron chi connectivity index (χ3n) is 4.52. The van der Waals surface area contributed by atoms with Crippen molar-refractivity contribution in [2.24, 2.45) is 5.92 Å². The molecular weight excluding hydrogens is 316 g/mol. The summed E-state index contributed by atoms with van der Waals surface area (Å²) in [6, 6.07) is 7.34. The lowest BCUT2D eigenvalue weighted by molar-refractivity contribution is -0.125. The highest BCUT2D eigenvalue weighted by molar-refractivity contribution is 5.92. The first-order valence-corrected chi connectivity index (χ1v) is 8.82. The monoisotopic (exact) mass is 340 g/mol. The molecule has 0 bridgehead atoms. The normalized spacial score (nSPS) is 15.7. The molecule has 1 aromatic carbocycles. The summed E-state index contributed by atoms with van der Waals surface area (Å²) in [5.74, 6) is 0.845. The van der Waals surface area contributed by atoms with Gasteiger partial charge in [-0.15, -0.1) is 0 Å². The first kappa shape index (κ1) is 17.2. The Kier molecular flexibility index (Phi) is 5.48. The minimum atomic E-state index is -0.179. The molecule has 1 unspecified atom stereocenters. The molecule has 1 aliphatic rings. The van der Waals surface area contributed by atoms with Crippen molar-refractivity contribution in [3.8, 4) is 11.4 Å². The maximum absolute atomic E-state index is 12.2. The van der Waals surface area contributed by atoms with E-state index < -0.39 is 0 Å². The van der Waals surface area contributed by atoms with E-state index in [-0.39, 0.29) is 30.2 Å². The Morgan fingerprint density at radius 1 is 1.32 bits per heavy atom. The summed E-state index contributed by atoms with van der Waals surface area (Å²) in [6.07, 6.45) is 7.88. The number of hydrogen-bond donors (Lipinski definition) is 3. The Bertz CT molecular complexity index is 721. The predicted octanol–water partition coefficient (Wildman–Crippen LogP) is 3.10. The van der Waals surface area contributed by atoms with Gasteiger partial charge in [0.1, 0.15) is 5.82 Å². The van der Waals surface area contributed by atoms with E-state index in [4.69, 9.17) is 0 Å². The van der Waals surface area contributed by atoms with Gasteiger partial charge in [0, 0.05) is 42.0 Å². The first-order chi connectivity index (χ1) is 12.1. The van der Waals surface area contributed by atoms with E-state index in [0.29, 0.717) is 5.69 Å². The van der Waals surface area contributed by atoms with Crippen molar-refractivity contribution in [3.63, 3.8) is 0 Å². The number of carbonyl (C=O) groups excluding carboxylic acids is 2. The fourth-order valence-corrected chi connectivity index (χ4v) is 3.26. The van der Waals surface area contributed by atoms with E-state index in [2.05, 4.69) is 20.6 Å². The molecule has 1 heterocycles. The number of anilines is 1. The number of nitrogens with zero attached hydrogens (tertiary/aromatic N) is 1. The second-order valence-electron chi connectivity index (χ2n) is 6.66. The highest BCUT2D eigenvalue weighted by Gasteiger charge is 2.24. The number of carbonyl (C=O) groups is 2. The minimum absolute atomic E-state index is 0.0811. The molecule has 0 aliphatic heterocycles. The molecule has 25 heavy (non-hydrogen) atoms. The number of hydrogen-bond acceptors (Lipinski definition) is 3. The van der Waals surface area contributed by atoms with Gasteiger partial charge in [-0.1, -0.05) is 25.0 Å². The van der Waals surface area contributed by atoms with E-state index in [0.717, 1.165) is 37.1 Å². The minimum Gasteiger partial charge on any atom is -0.353 e. The van der Waals surface area contributed by atoms with Crippen LogP contribution in [0, 0.1) is 5.92 Å². The summed E-state index contributed by atoms with van der Waals surface area (Å²) >= 11 is 0. The van der Waals surface area contributed by atoms with Crippen molar-refractivity contribution in [1.29, 1.82) is 0 Å². The topological polar surface area (TPSA) is 86.9 Å². The SMILES string of the molecule is CC(CC(=O)Nc1cccc(-c2ncc[nH]2)c1)NC(=O)C1CCCC1. The van der Waals surface area contributed by atoms with Gasteiger partial charge in [0.15, 0.2) is 0 Å². The lowest BCUT2D eigenvalue weighted by atomic mass is 10.1.